The van der Waals surface area contributed by atoms with Crippen LogP contribution in [0.4, 0.5) is 22.7 Å². The quantitative estimate of drug-likeness (QED) is 0.0296. The van der Waals surface area contributed by atoms with Crippen LogP contribution in [-0.2, 0) is 71.9 Å². The molecular formula is C76H182N22O32S2. The minimum absolute atomic E-state index is 0. The number of non-ortho nitro benzene ring substituents is 4. The summed E-state index contributed by atoms with van der Waals surface area (Å²) >= 11 is 1.91. The van der Waals surface area contributed by atoms with E-state index in [4.69, 9.17) is 174 Å². The molecule has 0 saturated carbocycles. The Bertz CT molecular complexity index is 5310. The van der Waals surface area contributed by atoms with E-state index in [1.807, 2.05) is 0 Å². The molecule has 5 aliphatic rings. The van der Waals surface area contributed by atoms with Crippen molar-refractivity contribution >= 4 is 159 Å². The zero-order valence-electron chi connectivity index (χ0n) is 152. The van der Waals surface area contributed by atoms with Crippen LogP contribution in [0.25, 0.3) is 0 Å². The third-order valence-electron chi connectivity index (χ3n) is 19.1. The van der Waals surface area contributed by atoms with Crippen LogP contribution in [0.2, 0.25) is 0 Å². The molecule has 800 valence electrons. The molecule has 5 aliphatic heterocycles. The van der Waals surface area contributed by atoms with Crippen LogP contribution >= 0.6 is 23.5 Å². The van der Waals surface area contributed by atoms with E-state index < -0.39 is 248 Å². The van der Waals surface area contributed by atoms with Crippen LogP contribution < -0.4 is 102 Å². The fourth-order valence-electron chi connectivity index (χ4n) is 12.4. The van der Waals surface area contributed by atoms with Crippen molar-refractivity contribution in [3.63, 3.8) is 0 Å². The van der Waals surface area contributed by atoms with E-state index in [9.17, 15) is 142 Å². The summed E-state index contributed by atoms with van der Waals surface area (Å²) in [6.45, 7) is 0.225. The molecule has 4 aromatic carbocycles. The Hall–Kier alpha value is -15.4. The molecule has 0 spiro atoms. The molecule has 0 unspecified atom stereocenters. The number of carboxylic acids is 2. The number of hydrogen-bond acceptors (Lipinski definition) is 33. The van der Waals surface area contributed by atoms with Crippen molar-refractivity contribution in [2.24, 2.45) is 34.4 Å². The van der Waals surface area contributed by atoms with E-state index in [0.717, 1.165) is 72.1 Å². The Morgan fingerprint density at radius 3 is 1.35 bits per heavy atom. The first-order valence-corrected chi connectivity index (χ1v) is 40.8. The largest absolute Gasteiger partial charge is 0.493 e. The van der Waals surface area contributed by atoms with Crippen molar-refractivity contribution in [2.75, 3.05) is 51.0 Å². The number of benzene rings is 4. The van der Waals surface area contributed by atoms with E-state index in [0.29, 0.717) is 37.1 Å². The van der Waals surface area contributed by atoms with Crippen LogP contribution in [0.15, 0.2) is 82.6 Å². The van der Waals surface area contributed by atoms with Gasteiger partial charge in [-0.3, -0.25) is 127 Å². The number of nitro benzene ring substituents is 4. The lowest BCUT2D eigenvalue weighted by Crippen LogP contribution is -2.58. The molecule has 9 rings (SSSR count). The first-order chi connectivity index (χ1) is 103. The highest BCUT2D eigenvalue weighted by Gasteiger charge is 2.42. The minimum Gasteiger partial charge on any atom is -0.493 e. The average Bonchev–Trinajstić information content (AvgIpc) is 1.48. The predicted octanol–water partition coefficient (Wildman–Crippen LogP) is 5.47. The number of carboxylic acid groups (broad SMARTS) is 2. The maximum absolute atomic E-state index is 13.2. The summed E-state index contributed by atoms with van der Waals surface area (Å²) in [7, 11) is 0. The summed E-state index contributed by atoms with van der Waals surface area (Å²) in [5, 5.41) is 98.6. The van der Waals surface area contributed by atoms with E-state index in [-0.39, 0.29) is 116 Å². The van der Waals surface area contributed by atoms with Gasteiger partial charge in [0.1, 0.15) is 78.0 Å². The normalized spacial score (nSPS) is 24.1. The van der Waals surface area contributed by atoms with Gasteiger partial charge in [-0.1, -0.05) is 14.9 Å². The number of nitrogens with two attached hydrogens (primary N) is 6. The van der Waals surface area contributed by atoms with Gasteiger partial charge in [0.05, 0.1) is 81.2 Å². The van der Waals surface area contributed by atoms with Gasteiger partial charge in [-0.25, -0.2) is 4.79 Å². The standard InChI is InChI=1S/C21H27N5O9S.C20H24N6O8.C18H22N6O9.C15H17N5O6S.2CH4.42H2/c22-8-2-1-3-13-19(30)25-15(21(32)33)10-36-16-6-4-11(26(34)35)9-12(16)18(29)23-14(20(31)24-13)5-7-17(27)28;21-16(27)9-13-20(31)25-6-1-2-14(25)19(30)23-12(17(22)28)5-7-34-15-4-3-10(26(32)33)8-11(15)18(29)24-13;19-14(26)6-11-17(29)23-12(7-25)18(30)21-10(15(20)27)3-4-33-13-2-1-8(24(31)32)5-9(13)16(28)22-11;1-7-14(23)17-5-12(21)19-10(13(16)22)6-27-11-3-2-8(20(25)26)4-9(11)15(24)18-7;;;;;;;;;;;;;;;;;;;;;;;;;;;;;;;;;;;;;;;;;;;;/h4,6,9,13-15H,1-3,5,7-8,10,22H2,(H,23,29)(H,24,31)(H,25,30)(H,27,28)(H,32,33);3-4,8,12-14H,1-2,5-7,9H2,(H2,21,27)(H2,22,28)(H,23,30)(H,24,29);1-2,5,10-12,25H,3-4,6-7H2,(H2,19,26)(H2,20,27)(H,21,30)(H,22,28)(H,23,29);2-4,7,10H,5-6H2,1H3,(H2,16,22)(H,17,23)(H,18,24)(H,19,21);2*1H4;42*1H/t13-,14-,15-;12-,13-,14-;10-,11-,12-;7-,10-;;;;;;;;;;;;;;;;;;;;;;;;;;;;;;;;;;;;;;;;;;;;/m0000............................................/s1/i;;;;;;42*1+1D. The number of aliphatic hydroxyl groups excluding tert-OH is 1. The Labute approximate surface area is 885 Å². The monoisotopic (exact) mass is 2060 g/mol. The van der Waals surface area contributed by atoms with E-state index in [1.54, 1.807) is 0 Å². The summed E-state index contributed by atoms with van der Waals surface area (Å²) in [5.41, 5.74) is 29.5. The second-order valence-corrected chi connectivity index (χ2v) is 30.7. The Kier molecular flexibility index (Phi) is 23.3. The van der Waals surface area contributed by atoms with Crippen LogP contribution in [0, 0.1) is 40.5 Å². The third kappa shape index (κ3) is 32.4. The number of carbonyl (C=O) groups is 19. The number of carbonyl (C=O) groups excluding carboxylic acids is 17. The van der Waals surface area contributed by atoms with Gasteiger partial charge in [0, 0.05) is 220 Å². The predicted molar refractivity (Wildman–Crippen MR) is 546 cm³/mol. The molecule has 26 N–H and O–H groups in total. The van der Waals surface area contributed by atoms with Gasteiger partial charge >= 0.3 is 11.9 Å². The molecule has 4 aromatic rings. The fourth-order valence-corrected chi connectivity index (χ4v) is 14.5. The van der Waals surface area contributed by atoms with Gasteiger partial charge in [0.25, 0.3) is 46.4 Å². The summed E-state index contributed by atoms with van der Waals surface area (Å²) < 4.78 is 431. The smallest absolute Gasteiger partial charge is 0.327 e. The van der Waals surface area contributed by atoms with Gasteiger partial charge in [0.15, 0.2) is 0 Å². The molecule has 132 heavy (non-hydrogen) atoms. The van der Waals surface area contributed by atoms with E-state index >= 15 is 0 Å². The highest BCUT2D eigenvalue weighted by molar-refractivity contribution is 7.99. The molecule has 11 atom stereocenters. The molecule has 56 heteroatoms. The van der Waals surface area contributed by atoms with Crippen LogP contribution in [-0.4, -0.2) is 270 Å². The number of rotatable bonds is 20. The van der Waals surface area contributed by atoms with E-state index in [2.05, 4.69) is 58.5 Å². The molecule has 0 aromatic heterocycles. The Morgan fingerprint density at radius 1 is 0.485 bits per heavy atom. The van der Waals surface area contributed by atoms with Crippen LogP contribution in [0.3, 0.4) is 0 Å². The van der Waals surface area contributed by atoms with Crippen molar-refractivity contribution in [3.8, 4) is 11.5 Å². The number of ether oxygens (including phenoxy) is 2. The lowest BCUT2D eigenvalue weighted by atomic mass is 10.1. The number of fused-ring (bicyclic) bond motifs is 5. The molecule has 0 aliphatic carbocycles. The van der Waals surface area contributed by atoms with Gasteiger partial charge in [-0.15, -0.1) is 23.5 Å². The Balaban J connectivity index is -0.0000000447. The van der Waals surface area contributed by atoms with Gasteiger partial charge in [0.2, 0.25) is 76.8 Å². The van der Waals surface area contributed by atoms with Crippen molar-refractivity contribution in [3.05, 3.63) is 136 Å². The minimum atomic E-state index is -1.60. The number of nitrogens with one attached hydrogen (secondary N) is 11. The first-order valence-electron chi connectivity index (χ1n) is 80.8. The average molecular weight is 2070 g/mol. The van der Waals surface area contributed by atoms with Crippen molar-refractivity contribution in [1.29, 1.82) is 0 Å². The highest BCUT2D eigenvalue weighted by atomic mass is 32.2. The first kappa shape index (κ1) is 59.7. The molecular weight excluding hydrogens is 1800 g/mol. The van der Waals surface area contributed by atoms with Crippen LogP contribution in [0.1, 0.15) is 259 Å². The second kappa shape index (κ2) is 51.6. The fraction of sp³-hybridized carbons (Fsp3) is 0.434. The zero-order valence-corrected chi connectivity index (χ0v) is 70.0. The maximum atomic E-state index is 13.2. The van der Waals surface area contributed by atoms with E-state index in [1.165, 1.54) is 36.1 Å². The van der Waals surface area contributed by atoms with Gasteiger partial charge < -0.3 is 123 Å². The summed E-state index contributed by atoms with van der Waals surface area (Å²) in [5.74, 6) is -17.1. The number of primary amides is 5. The second-order valence-electron chi connectivity index (χ2n) is 28.5. The lowest BCUT2D eigenvalue weighted by Gasteiger charge is -2.29. The lowest BCUT2D eigenvalue weighted by molar-refractivity contribution is -0.385. The number of thioether (sulfide) groups is 2. The Morgan fingerprint density at radius 2 is 0.886 bits per heavy atom. The molecule has 0 bridgehead atoms. The van der Waals surface area contributed by atoms with Crippen molar-refractivity contribution in [1.82, 2.24) is 63.4 Å². The van der Waals surface area contributed by atoms with Gasteiger partial charge in [-0.05, 0) is 76.3 Å². The molecule has 17 amide bonds. The molecule has 5 heterocycles. The highest BCUT2D eigenvalue weighted by Crippen LogP contribution is 2.32. The van der Waals surface area contributed by atoms with Gasteiger partial charge in [-0.2, -0.15) is 0 Å². The number of unbranched alkanes of at least 4 members (excludes halogenated alkanes) is 1. The number of aliphatic carboxylic acids is 2. The zero-order chi connectivity index (χ0) is 181. The van der Waals surface area contributed by atoms with Crippen LogP contribution in [0.5, 0.6) is 11.5 Å². The molecule has 54 nitrogen and oxygen atoms in total. The third-order valence-corrected chi connectivity index (χ3v) is 21.5. The number of nitro groups is 4. The summed E-state index contributed by atoms with van der Waals surface area (Å²) in [6.07, 6.45) is -0.407. The number of nitrogens with zero attached hydrogens (tertiary/aromatic N) is 5. The summed E-state index contributed by atoms with van der Waals surface area (Å²) in [4.78, 5) is 277. The summed E-state index contributed by atoms with van der Waals surface area (Å²) in [6, 6.07) is -0.469. The topological polar surface area (TPSA) is 868 Å². The number of hydrogen-bond donors (Lipinski definition) is 20. The number of aliphatic hydroxyl groups is 1. The molecule has 1 saturated heterocycles. The molecule has 0 radical (unpaired) electrons. The van der Waals surface area contributed by atoms with Crippen molar-refractivity contribution < 1.29 is 260 Å². The maximum Gasteiger partial charge on any atom is 0.327 e. The SMILES string of the molecule is C.C.C[C@@H]1NC(=O)c2cc([N+](=O)[O-])ccc2SC[C@@H](C(N)=O)NC(=O)CNC1=O.NC(=O)C[C@@H]1NC(=O)c2cc([N+](=O)[O-])ccc2OCC[C@@H](C(N)=O)NC(=O)[C@@H]2CCCN2C1=O.NC(=O)C[C@@H]1NC(=O)c2cc([N+](=O)[O-])ccc2OCC[C@@H](C(N)=O)NC(=O)[C@H](CO)NC1=O.NCCCC[C@@H]1NC(=O)[C@H](CCC(=O)O)NC(=O)c2cc([N+](=O)[O-])ccc2SC[C@@H](C(=O)O)NC1=O.[2H][2H].[2H][2H].[2H][2H].[2H][2H].[2H][2H].[2H][2H].[2H][2H].[2H][2H].[2H][2H].[2H][2H].[2H][2H].[2H][2H].[2H][2H].[2H][2H].[2H][2H].[2H][2H].[2H][2H].[2H][2H].[2H][2H].[2H][2H].[2H][2H].[2H][2H].[2H][2H].[2H][2H].[2H][2H].[2H][2H].[2H][2H].[2H][2H].[2H][2H].[2H][2H].[2H][2H].[2H][2H].[2H][2H].[2H][2H].[2H][2H].[2H][2H].[2H][2H].[2H][2H].[2H][2H].[2H][2H].[2H][2H].[2H][2H]. The van der Waals surface area contributed by atoms with Crippen molar-refractivity contribution in [2.45, 2.75) is 169 Å². The number of amides is 17. The molecule has 1 fully saturated rings.